The molecule has 0 radical (unpaired) electrons. The van der Waals surface area contributed by atoms with Gasteiger partial charge in [-0.15, -0.1) is 0 Å². The van der Waals surface area contributed by atoms with Crippen LogP contribution in [0.15, 0.2) is 0 Å². The number of rotatable bonds is 1. The van der Waals surface area contributed by atoms with Gasteiger partial charge in [-0.1, -0.05) is 12.8 Å². The summed E-state index contributed by atoms with van der Waals surface area (Å²) in [4.78, 5) is 11.6. The van der Waals surface area contributed by atoms with Crippen molar-refractivity contribution in [2.75, 3.05) is 7.11 Å². The second kappa shape index (κ2) is 3.21. The number of aliphatic hydroxyl groups is 1. The Labute approximate surface area is 88.8 Å². The van der Waals surface area contributed by atoms with Crippen LogP contribution in [-0.2, 0) is 9.53 Å². The maximum Gasteiger partial charge on any atom is 0.326 e. The fourth-order valence-corrected chi connectivity index (χ4v) is 3.00. The van der Waals surface area contributed by atoms with Crippen LogP contribution in [-0.4, -0.2) is 24.3 Å². The minimum absolute atomic E-state index is 0.463. The molecule has 0 aliphatic heterocycles. The minimum atomic E-state index is -1.07. The number of carbonyl (C=O) groups excluding carboxylic acids is 1. The summed E-state index contributed by atoms with van der Waals surface area (Å²) < 4.78 is 4.67. The molecule has 0 unspecified atom stereocenters. The number of hydrogen-bond donors (Lipinski definition) is 1. The van der Waals surface area contributed by atoms with Crippen LogP contribution in [0.25, 0.3) is 0 Å². The van der Waals surface area contributed by atoms with E-state index in [1.165, 1.54) is 7.11 Å². The zero-order valence-electron chi connectivity index (χ0n) is 8.82. The summed E-state index contributed by atoms with van der Waals surface area (Å²) in [6, 6.07) is 2.06. The molecule has 0 aromatic carbocycles. The van der Waals surface area contributed by atoms with Crippen LogP contribution in [0.1, 0.15) is 32.1 Å². The molecule has 15 heavy (non-hydrogen) atoms. The van der Waals surface area contributed by atoms with Gasteiger partial charge in [0.15, 0.2) is 5.41 Å². The number of esters is 1. The zero-order valence-corrected chi connectivity index (χ0v) is 8.82. The van der Waals surface area contributed by atoms with Gasteiger partial charge in [-0.2, -0.15) is 5.26 Å². The normalized spacial score (nSPS) is 43.4. The number of nitriles is 1. The number of methoxy groups -OCH3 is 1. The summed E-state index contributed by atoms with van der Waals surface area (Å²) in [7, 11) is 1.29. The lowest BCUT2D eigenvalue weighted by molar-refractivity contribution is -0.147. The Bertz CT molecular complexity index is 335. The van der Waals surface area contributed by atoms with Crippen molar-refractivity contribution < 1.29 is 14.6 Å². The molecule has 2 aliphatic rings. The number of aliphatic hydroxyl groups excluding tert-OH is 1. The van der Waals surface area contributed by atoms with E-state index in [9.17, 15) is 9.90 Å². The molecule has 2 aliphatic carbocycles. The molecular weight excluding hydrogens is 194 g/mol. The Balaban J connectivity index is 2.27. The van der Waals surface area contributed by atoms with Gasteiger partial charge in [0, 0.05) is 5.41 Å². The van der Waals surface area contributed by atoms with E-state index in [4.69, 9.17) is 5.26 Å². The van der Waals surface area contributed by atoms with Crippen molar-refractivity contribution in [1.29, 1.82) is 5.26 Å². The Hall–Kier alpha value is -1.08. The monoisotopic (exact) mass is 209 g/mol. The standard InChI is InChI=1S/C11H15NO3/c1-15-9(14)11(7-12)6-10(11)5-3-2-4-8(10)13/h8,13H,2-6H2,1H3/t8-,10+,11-/m0/s1. The highest BCUT2D eigenvalue weighted by molar-refractivity contribution is 5.85. The molecule has 4 nitrogen and oxygen atoms in total. The highest BCUT2D eigenvalue weighted by Crippen LogP contribution is 2.70. The van der Waals surface area contributed by atoms with Crippen LogP contribution < -0.4 is 0 Å². The fraction of sp³-hybridized carbons (Fsp3) is 0.818. The predicted molar refractivity (Wildman–Crippen MR) is 51.6 cm³/mol. The molecule has 1 spiro atoms. The topological polar surface area (TPSA) is 70.3 Å². The summed E-state index contributed by atoms with van der Waals surface area (Å²) in [5.41, 5.74) is -1.57. The van der Waals surface area contributed by atoms with Gasteiger partial charge in [-0.05, 0) is 19.3 Å². The van der Waals surface area contributed by atoms with Crippen molar-refractivity contribution >= 4 is 5.97 Å². The van der Waals surface area contributed by atoms with Crippen LogP contribution in [0.4, 0.5) is 0 Å². The van der Waals surface area contributed by atoms with E-state index < -0.39 is 22.9 Å². The summed E-state index contributed by atoms with van der Waals surface area (Å²) in [6.07, 6.45) is 3.36. The van der Waals surface area contributed by atoms with Crippen LogP contribution >= 0.6 is 0 Å². The largest absolute Gasteiger partial charge is 0.468 e. The molecule has 0 amide bonds. The minimum Gasteiger partial charge on any atom is -0.468 e. The number of carbonyl (C=O) groups is 1. The predicted octanol–water partition coefficient (Wildman–Crippen LogP) is 0.994. The molecule has 4 heteroatoms. The highest BCUT2D eigenvalue weighted by Gasteiger charge is 2.76. The molecule has 1 N–H and O–H groups in total. The van der Waals surface area contributed by atoms with Crippen LogP contribution in [0, 0.1) is 22.2 Å². The van der Waals surface area contributed by atoms with Gasteiger partial charge in [0.1, 0.15) is 0 Å². The second-order valence-electron chi connectivity index (χ2n) is 4.60. The Morgan fingerprint density at radius 3 is 2.87 bits per heavy atom. The number of hydrogen-bond acceptors (Lipinski definition) is 4. The van der Waals surface area contributed by atoms with Gasteiger partial charge in [-0.25, -0.2) is 0 Å². The Kier molecular flexibility index (Phi) is 2.23. The Morgan fingerprint density at radius 1 is 1.60 bits per heavy atom. The molecule has 2 saturated carbocycles. The van der Waals surface area contributed by atoms with Crippen molar-refractivity contribution in [3.8, 4) is 6.07 Å². The first-order chi connectivity index (χ1) is 7.13. The number of nitrogens with zero attached hydrogens (tertiary/aromatic N) is 1. The molecular formula is C11H15NO3. The molecule has 0 aromatic heterocycles. The third-order valence-electron chi connectivity index (χ3n) is 4.02. The van der Waals surface area contributed by atoms with E-state index in [0.29, 0.717) is 12.8 Å². The lowest BCUT2D eigenvalue weighted by Gasteiger charge is -2.29. The van der Waals surface area contributed by atoms with Crippen molar-refractivity contribution in [2.24, 2.45) is 10.8 Å². The summed E-state index contributed by atoms with van der Waals surface area (Å²) in [6.45, 7) is 0. The molecule has 82 valence electrons. The molecule has 3 atom stereocenters. The average molecular weight is 209 g/mol. The van der Waals surface area contributed by atoms with Crippen molar-refractivity contribution in [3.05, 3.63) is 0 Å². The van der Waals surface area contributed by atoms with E-state index in [0.717, 1.165) is 19.3 Å². The molecule has 2 fully saturated rings. The van der Waals surface area contributed by atoms with Crippen LogP contribution in [0.3, 0.4) is 0 Å². The molecule has 0 aromatic rings. The maximum atomic E-state index is 11.6. The third-order valence-corrected chi connectivity index (χ3v) is 4.02. The highest BCUT2D eigenvalue weighted by atomic mass is 16.5. The fourth-order valence-electron chi connectivity index (χ4n) is 3.00. The maximum absolute atomic E-state index is 11.6. The van der Waals surface area contributed by atoms with Crippen molar-refractivity contribution in [2.45, 2.75) is 38.2 Å². The molecule has 0 bridgehead atoms. The van der Waals surface area contributed by atoms with Gasteiger partial charge >= 0.3 is 5.97 Å². The van der Waals surface area contributed by atoms with E-state index in [1.807, 2.05) is 0 Å². The van der Waals surface area contributed by atoms with Crippen LogP contribution in [0.5, 0.6) is 0 Å². The van der Waals surface area contributed by atoms with Gasteiger partial charge < -0.3 is 9.84 Å². The van der Waals surface area contributed by atoms with E-state index in [1.54, 1.807) is 0 Å². The lowest BCUT2D eigenvalue weighted by Crippen LogP contribution is -2.35. The quantitative estimate of drug-likeness (QED) is 0.654. The van der Waals surface area contributed by atoms with Crippen molar-refractivity contribution in [3.63, 3.8) is 0 Å². The smallest absolute Gasteiger partial charge is 0.326 e. The third kappa shape index (κ3) is 1.13. The zero-order chi connectivity index (χ0) is 11.1. The van der Waals surface area contributed by atoms with Gasteiger partial charge in [0.05, 0.1) is 19.3 Å². The van der Waals surface area contributed by atoms with E-state index in [2.05, 4.69) is 10.8 Å². The lowest BCUT2D eigenvalue weighted by atomic mass is 9.77. The second-order valence-corrected chi connectivity index (χ2v) is 4.60. The molecule has 0 saturated heterocycles. The SMILES string of the molecule is COC(=O)[C@@]1(C#N)C[C@@]12CCCC[C@@H]2O. The van der Waals surface area contributed by atoms with E-state index in [-0.39, 0.29) is 0 Å². The Morgan fingerprint density at radius 2 is 2.33 bits per heavy atom. The van der Waals surface area contributed by atoms with Crippen LogP contribution in [0.2, 0.25) is 0 Å². The molecule has 2 rings (SSSR count). The van der Waals surface area contributed by atoms with Gasteiger partial charge in [0.2, 0.25) is 0 Å². The molecule has 0 heterocycles. The number of ether oxygens (including phenoxy) is 1. The van der Waals surface area contributed by atoms with Gasteiger partial charge in [0.25, 0.3) is 0 Å². The van der Waals surface area contributed by atoms with Gasteiger partial charge in [-0.3, -0.25) is 4.79 Å². The summed E-state index contributed by atoms with van der Waals surface area (Å²) >= 11 is 0. The average Bonchev–Trinajstić information content (AvgIpc) is 2.92. The first-order valence-corrected chi connectivity index (χ1v) is 5.31. The first-order valence-electron chi connectivity index (χ1n) is 5.31. The summed E-state index contributed by atoms with van der Waals surface area (Å²) in [5, 5.41) is 19.1. The first kappa shape index (κ1) is 10.4. The van der Waals surface area contributed by atoms with Crippen molar-refractivity contribution in [1.82, 2.24) is 0 Å². The van der Waals surface area contributed by atoms with E-state index >= 15 is 0 Å². The summed E-state index contributed by atoms with van der Waals surface area (Å²) in [5.74, 6) is -0.481.